The molecule has 0 radical (unpaired) electrons. The van der Waals surface area contributed by atoms with Gasteiger partial charge in [0, 0.05) is 24.1 Å². The highest BCUT2D eigenvalue weighted by atomic mass is 16.5. The maximum atomic E-state index is 11.4. The van der Waals surface area contributed by atoms with E-state index in [2.05, 4.69) is 11.9 Å². The Morgan fingerprint density at radius 3 is 3.00 bits per heavy atom. The summed E-state index contributed by atoms with van der Waals surface area (Å²) in [6.45, 7) is 5.63. The van der Waals surface area contributed by atoms with Crippen molar-refractivity contribution < 1.29 is 13.9 Å². The highest BCUT2D eigenvalue weighted by Gasteiger charge is 2.06. The molecule has 0 saturated carbocycles. The Kier molecular flexibility index (Phi) is 4.20. The molecule has 2 aromatic rings. The normalized spacial score (nSPS) is 10.2. The molecule has 0 saturated heterocycles. The van der Waals surface area contributed by atoms with Gasteiger partial charge in [0.05, 0.1) is 0 Å². The lowest BCUT2D eigenvalue weighted by atomic mass is 10.1. The molecule has 0 spiro atoms. The molecule has 1 N–H and O–H groups in total. The quantitative estimate of drug-likeness (QED) is 0.666. The number of rotatable bonds is 5. The van der Waals surface area contributed by atoms with Crippen molar-refractivity contribution in [1.82, 2.24) is 5.32 Å². The van der Waals surface area contributed by atoms with E-state index in [4.69, 9.17) is 9.15 Å². The monoisotopic (exact) mass is 273 g/mol. The largest absolute Gasteiger partial charge is 0.484 e. The SMILES string of the molecule is C=CCNC(=O)COc1ccc2c(C)cc(=O)oc2c1. The average molecular weight is 273 g/mol. The fourth-order valence-electron chi connectivity index (χ4n) is 1.78. The average Bonchev–Trinajstić information content (AvgIpc) is 2.42. The van der Waals surface area contributed by atoms with Crippen molar-refractivity contribution in [1.29, 1.82) is 0 Å². The molecular weight excluding hydrogens is 258 g/mol. The van der Waals surface area contributed by atoms with Crippen LogP contribution in [0.3, 0.4) is 0 Å². The molecule has 0 aliphatic heterocycles. The summed E-state index contributed by atoms with van der Waals surface area (Å²) >= 11 is 0. The van der Waals surface area contributed by atoms with Gasteiger partial charge in [0.15, 0.2) is 6.61 Å². The first-order valence-corrected chi connectivity index (χ1v) is 6.15. The van der Waals surface area contributed by atoms with Crippen molar-refractivity contribution in [3.05, 3.63) is 52.9 Å². The van der Waals surface area contributed by atoms with Crippen molar-refractivity contribution >= 4 is 16.9 Å². The number of amides is 1. The number of hydrogen-bond donors (Lipinski definition) is 1. The van der Waals surface area contributed by atoms with Crippen LogP contribution in [0.25, 0.3) is 11.0 Å². The Bertz CT molecular complexity index is 703. The van der Waals surface area contributed by atoms with Gasteiger partial charge >= 0.3 is 5.63 Å². The van der Waals surface area contributed by atoms with Crippen molar-refractivity contribution in [3.8, 4) is 5.75 Å². The smallest absolute Gasteiger partial charge is 0.336 e. The number of benzene rings is 1. The van der Waals surface area contributed by atoms with Crippen LogP contribution in [0.15, 0.2) is 46.1 Å². The van der Waals surface area contributed by atoms with Crippen LogP contribution in [0.5, 0.6) is 5.75 Å². The Morgan fingerprint density at radius 2 is 2.25 bits per heavy atom. The van der Waals surface area contributed by atoms with E-state index >= 15 is 0 Å². The Hall–Kier alpha value is -2.56. The lowest BCUT2D eigenvalue weighted by Gasteiger charge is -2.07. The molecule has 0 fully saturated rings. The summed E-state index contributed by atoms with van der Waals surface area (Å²) in [5.41, 5.74) is 0.876. The molecule has 104 valence electrons. The fourth-order valence-corrected chi connectivity index (χ4v) is 1.78. The lowest BCUT2D eigenvalue weighted by molar-refractivity contribution is -0.122. The van der Waals surface area contributed by atoms with Gasteiger partial charge in [-0.3, -0.25) is 4.79 Å². The number of nitrogens with one attached hydrogen (secondary N) is 1. The molecule has 5 heteroatoms. The van der Waals surface area contributed by atoms with E-state index in [9.17, 15) is 9.59 Å². The van der Waals surface area contributed by atoms with Crippen LogP contribution in [0.1, 0.15) is 5.56 Å². The van der Waals surface area contributed by atoms with Gasteiger partial charge in [-0.2, -0.15) is 0 Å². The molecule has 1 aromatic heterocycles. The zero-order valence-electron chi connectivity index (χ0n) is 11.1. The third-order valence-electron chi connectivity index (χ3n) is 2.74. The summed E-state index contributed by atoms with van der Waals surface area (Å²) in [6.07, 6.45) is 1.59. The van der Waals surface area contributed by atoms with Crippen LogP contribution < -0.4 is 15.7 Å². The zero-order chi connectivity index (χ0) is 14.5. The Morgan fingerprint density at radius 1 is 1.45 bits per heavy atom. The first kappa shape index (κ1) is 13.9. The number of hydrogen-bond acceptors (Lipinski definition) is 4. The van der Waals surface area contributed by atoms with E-state index in [0.717, 1.165) is 10.9 Å². The summed E-state index contributed by atoms with van der Waals surface area (Å²) in [5, 5.41) is 3.44. The predicted octanol–water partition coefficient (Wildman–Crippen LogP) is 1.78. The number of ether oxygens (including phenoxy) is 1. The van der Waals surface area contributed by atoms with Crippen molar-refractivity contribution in [2.24, 2.45) is 0 Å². The highest BCUT2D eigenvalue weighted by Crippen LogP contribution is 2.22. The van der Waals surface area contributed by atoms with Gasteiger partial charge in [0.1, 0.15) is 11.3 Å². The van der Waals surface area contributed by atoms with E-state index in [1.165, 1.54) is 6.07 Å². The zero-order valence-corrected chi connectivity index (χ0v) is 11.1. The molecule has 2 rings (SSSR count). The predicted molar refractivity (Wildman–Crippen MR) is 75.9 cm³/mol. The van der Waals surface area contributed by atoms with Gasteiger partial charge in [-0.25, -0.2) is 4.79 Å². The van der Waals surface area contributed by atoms with Crippen molar-refractivity contribution in [2.45, 2.75) is 6.92 Å². The number of fused-ring (bicyclic) bond motifs is 1. The number of aryl methyl sites for hydroxylation is 1. The summed E-state index contributed by atoms with van der Waals surface area (Å²) in [5.74, 6) is 0.232. The summed E-state index contributed by atoms with van der Waals surface area (Å²) in [7, 11) is 0. The van der Waals surface area contributed by atoms with Crippen molar-refractivity contribution in [3.63, 3.8) is 0 Å². The minimum Gasteiger partial charge on any atom is -0.484 e. The van der Waals surface area contributed by atoms with Crippen molar-refractivity contribution in [2.75, 3.05) is 13.2 Å². The standard InChI is InChI=1S/C15H15NO4/c1-3-6-16-14(17)9-19-11-4-5-12-10(2)7-15(18)20-13(12)8-11/h3-5,7-8H,1,6,9H2,2H3,(H,16,17). The summed E-state index contributed by atoms with van der Waals surface area (Å²) in [6, 6.07) is 6.57. The summed E-state index contributed by atoms with van der Waals surface area (Å²) in [4.78, 5) is 22.7. The Labute approximate surface area is 115 Å². The van der Waals surface area contributed by atoms with E-state index in [0.29, 0.717) is 17.9 Å². The topological polar surface area (TPSA) is 68.5 Å². The minimum absolute atomic E-state index is 0.102. The number of carbonyl (C=O) groups is 1. The van der Waals surface area contributed by atoms with E-state index in [1.54, 1.807) is 24.3 Å². The first-order chi connectivity index (χ1) is 9.60. The molecular formula is C15H15NO4. The van der Waals surface area contributed by atoms with Gasteiger partial charge in [-0.05, 0) is 24.6 Å². The maximum absolute atomic E-state index is 11.4. The van der Waals surface area contributed by atoms with E-state index < -0.39 is 5.63 Å². The minimum atomic E-state index is -0.407. The van der Waals surface area contributed by atoms with Gasteiger partial charge in [-0.15, -0.1) is 6.58 Å². The second-order valence-electron chi connectivity index (χ2n) is 4.29. The maximum Gasteiger partial charge on any atom is 0.336 e. The molecule has 0 bridgehead atoms. The van der Waals surface area contributed by atoms with Crippen LogP contribution in [-0.2, 0) is 4.79 Å². The second-order valence-corrected chi connectivity index (χ2v) is 4.29. The first-order valence-electron chi connectivity index (χ1n) is 6.15. The molecule has 0 aliphatic rings. The molecule has 1 aromatic carbocycles. The van der Waals surface area contributed by atoms with Crippen LogP contribution in [-0.4, -0.2) is 19.1 Å². The number of carbonyl (C=O) groups excluding carboxylic acids is 1. The third-order valence-corrected chi connectivity index (χ3v) is 2.74. The van der Waals surface area contributed by atoms with E-state index in [-0.39, 0.29) is 12.5 Å². The van der Waals surface area contributed by atoms with Crippen LogP contribution in [0.4, 0.5) is 0 Å². The molecule has 0 aliphatic carbocycles. The highest BCUT2D eigenvalue weighted by molar-refractivity contribution is 5.81. The molecule has 0 unspecified atom stereocenters. The van der Waals surface area contributed by atoms with Gasteiger partial charge in [0.25, 0.3) is 5.91 Å². The third kappa shape index (κ3) is 3.26. The Balaban J connectivity index is 2.14. The molecule has 1 heterocycles. The molecule has 0 atom stereocenters. The molecule has 5 nitrogen and oxygen atoms in total. The van der Waals surface area contributed by atoms with Gasteiger partial charge in [-0.1, -0.05) is 6.08 Å². The molecule has 1 amide bonds. The van der Waals surface area contributed by atoms with Crippen LogP contribution >= 0.6 is 0 Å². The van der Waals surface area contributed by atoms with Crippen LogP contribution in [0.2, 0.25) is 0 Å². The van der Waals surface area contributed by atoms with Gasteiger partial charge < -0.3 is 14.5 Å². The second kappa shape index (κ2) is 6.06. The van der Waals surface area contributed by atoms with E-state index in [1.807, 2.05) is 6.92 Å². The van der Waals surface area contributed by atoms with Crippen LogP contribution in [0, 0.1) is 6.92 Å². The molecule has 20 heavy (non-hydrogen) atoms. The van der Waals surface area contributed by atoms with Gasteiger partial charge in [0.2, 0.25) is 0 Å². The fraction of sp³-hybridized carbons (Fsp3) is 0.200. The summed E-state index contributed by atoms with van der Waals surface area (Å²) < 4.78 is 10.4. The lowest BCUT2D eigenvalue weighted by Crippen LogP contribution is -2.28.